The number of benzene rings is 2. The van der Waals surface area contributed by atoms with E-state index in [1.54, 1.807) is 6.92 Å². The highest BCUT2D eigenvalue weighted by Gasteiger charge is 2.22. The molecule has 1 N–H and O–H groups in total. The number of nitrogens with one attached hydrogen (secondary N) is 1. The minimum Gasteiger partial charge on any atom is -0.332 e. The second-order valence-electron chi connectivity index (χ2n) is 7.43. The number of amides is 1. The van der Waals surface area contributed by atoms with Gasteiger partial charge in [-0.05, 0) is 35.6 Å². The highest BCUT2D eigenvalue weighted by Crippen LogP contribution is 2.28. The fourth-order valence-corrected chi connectivity index (χ4v) is 3.53. The van der Waals surface area contributed by atoms with Gasteiger partial charge < -0.3 is 14.7 Å². The third kappa shape index (κ3) is 3.91. The zero-order valence-electron chi connectivity index (χ0n) is 16.7. The Balaban J connectivity index is 2.14. The molecular formula is C24H26N2O2. The van der Waals surface area contributed by atoms with E-state index in [0.717, 1.165) is 28.3 Å². The van der Waals surface area contributed by atoms with E-state index in [2.05, 4.69) is 50.0 Å². The van der Waals surface area contributed by atoms with Crippen LogP contribution in [0.25, 0.3) is 10.9 Å². The number of carbonyl (C=O) groups is 2. The first kappa shape index (κ1) is 19.6. The normalized spacial score (nSPS) is 11.0. The SMILES string of the molecule is C=C(C)NC(=O)c1c(CC=O)c2ccccc2n1Cc1ccc(C(C)C)cc1. The van der Waals surface area contributed by atoms with Gasteiger partial charge in [0, 0.05) is 29.6 Å². The Morgan fingerprint density at radius 2 is 1.82 bits per heavy atom. The molecule has 28 heavy (non-hydrogen) atoms. The standard InChI is InChI=1S/C24H26N2O2/c1-16(2)19-11-9-18(10-12-19)15-26-22-8-6-5-7-20(22)21(13-14-27)23(26)24(28)25-17(3)4/h5-12,14,16H,3,13,15H2,1-2,4H3,(H,25,28). The summed E-state index contributed by atoms with van der Waals surface area (Å²) < 4.78 is 2.00. The number of fused-ring (bicyclic) bond motifs is 1. The molecule has 4 heteroatoms. The second kappa shape index (κ2) is 8.26. The molecule has 1 amide bonds. The zero-order valence-corrected chi connectivity index (χ0v) is 16.7. The number of rotatable bonds is 7. The highest BCUT2D eigenvalue weighted by molar-refractivity contribution is 6.03. The van der Waals surface area contributed by atoms with Crippen LogP contribution in [-0.2, 0) is 17.8 Å². The molecule has 0 atom stereocenters. The average molecular weight is 374 g/mol. The van der Waals surface area contributed by atoms with Crippen LogP contribution in [-0.4, -0.2) is 16.8 Å². The smallest absolute Gasteiger partial charge is 0.272 e. The summed E-state index contributed by atoms with van der Waals surface area (Å²) in [5, 5.41) is 3.73. The van der Waals surface area contributed by atoms with Crippen molar-refractivity contribution in [2.45, 2.75) is 39.7 Å². The predicted molar refractivity (Wildman–Crippen MR) is 114 cm³/mol. The molecule has 0 radical (unpaired) electrons. The van der Waals surface area contributed by atoms with Crippen molar-refractivity contribution < 1.29 is 9.59 Å². The first-order chi connectivity index (χ1) is 13.4. The molecule has 3 rings (SSSR count). The summed E-state index contributed by atoms with van der Waals surface area (Å²) in [4.78, 5) is 24.3. The Hall–Kier alpha value is -3.14. The maximum absolute atomic E-state index is 13.0. The van der Waals surface area contributed by atoms with Crippen molar-refractivity contribution in [3.8, 4) is 0 Å². The summed E-state index contributed by atoms with van der Waals surface area (Å²) in [7, 11) is 0. The van der Waals surface area contributed by atoms with Crippen molar-refractivity contribution in [1.29, 1.82) is 0 Å². The number of carbonyl (C=O) groups excluding carboxylic acids is 2. The summed E-state index contributed by atoms with van der Waals surface area (Å²) in [5.74, 6) is 0.233. The van der Waals surface area contributed by atoms with E-state index in [4.69, 9.17) is 0 Å². The number of aromatic nitrogens is 1. The van der Waals surface area contributed by atoms with E-state index in [1.165, 1.54) is 5.56 Å². The Kier molecular flexibility index (Phi) is 5.78. The fraction of sp³-hybridized carbons (Fsp3) is 0.250. The third-order valence-electron chi connectivity index (χ3n) is 4.89. The van der Waals surface area contributed by atoms with Crippen LogP contribution in [0.3, 0.4) is 0 Å². The van der Waals surface area contributed by atoms with Gasteiger partial charge in [0.15, 0.2) is 0 Å². The van der Waals surface area contributed by atoms with Crippen molar-refractivity contribution in [2.75, 3.05) is 0 Å². The largest absolute Gasteiger partial charge is 0.332 e. The lowest BCUT2D eigenvalue weighted by Crippen LogP contribution is -2.25. The minimum absolute atomic E-state index is 0.193. The van der Waals surface area contributed by atoms with Gasteiger partial charge in [0.2, 0.25) is 0 Å². The number of para-hydroxylation sites is 1. The molecule has 0 aliphatic carbocycles. The molecule has 0 aliphatic rings. The molecule has 0 spiro atoms. The third-order valence-corrected chi connectivity index (χ3v) is 4.89. The number of hydrogen-bond acceptors (Lipinski definition) is 2. The van der Waals surface area contributed by atoms with Crippen LogP contribution in [0.4, 0.5) is 0 Å². The van der Waals surface area contributed by atoms with Gasteiger partial charge in [-0.1, -0.05) is 62.9 Å². The monoisotopic (exact) mass is 374 g/mol. The fourth-order valence-electron chi connectivity index (χ4n) is 3.53. The van der Waals surface area contributed by atoms with E-state index < -0.39 is 0 Å². The van der Waals surface area contributed by atoms with Crippen LogP contribution < -0.4 is 5.32 Å². The molecular weight excluding hydrogens is 348 g/mol. The van der Waals surface area contributed by atoms with Gasteiger partial charge >= 0.3 is 0 Å². The van der Waals surface area contributed by atoms with Gasteiger partial charge in [0.05, 0.1) is 0 Å². The lowest BCUT2D eigenvalue weighted by atomic mass is 10.0. The van der Waals surface area contributed by atoms with Gasteiger partial charge in [0.25, 0.3) is 5.91 Å². The van der Waals surface area contributed by atoms with Crippen LogP contribution in [0.1, 0.15) is 53.9 Å². The van der Waals surface area contributed by atoms with Gasteiger partial charge in [-0.15, -0.1) is 0 Å². The molecule has 0 unspecified atom stereocenters. The van der Waals surface area contributed by atoms with Crippen LogP contribution in [0.5, 0.6) is 0 Å². The maximum atomic E-state index is 13.0. The summed E-state index contributed by atoms with van der Waals surface area (Å²) in [6.45, 7) is 10.4. The molecule has 0 bridgehead atoms. The first-order valence-electron chi connectivity index (χ1n) is 9.51. The van der Waals surface area contributed by atoms with Crippen molar-refractivity contribution in [3.63, 3.8) is 0 Å². The van der Waals surface area contributed by atoms with E-state index in [0.29, 0.717) is 23.9 Å². The molecule has 2 aromatic carbocycles. The van der Waals surface area contributed by atoms with E-state index >= 15 is 0 Å². The lowest BCUT2D eigenvalue weighted by Gasteiger charge is -2.13. The molecule has 0 saturated heterocycles. The van der Waals surface area contributed by atoms with Crippen LogP contribution in [0.2, 0.25) is 0 Å². The van der Waals surface area contributed by atoms with E-state index in [-0.39, 0.29) is 12.3 Å². The average Bonchev–Trinajstić information content (AvgIpc) is 2.96. The summed E-state index contributed by atoms with van der Waals surface area (Å²) in [6.07, 6.45) is 1.04. The molecule has 1 heterocycles. The molecule has 4 nitrogen and oxygen atoms in total. The number of allylic oxidation sites excluding steroid dienone is 1. The second-order valence-corrected chi connectivity index (χ2v) is 7.43. The molecule has 1 aromatic heterocycles. The van der Waals surface area contributed by atoms with E-state index in [1.807, 2.05) is 28.8 Å². The van der Waals surface area contributed by atoms with Crippen molar-refractivity contribution in [1.82, 2.24) is 9.88 Å². The zero-order chi connectivity index (χ0) is 20.3. The van der Waals surface area contributed by atoms with Gasteiger partial charge in [-0.3, -0.25) is 4.79 Å². The van der Waals surface area contributed by atoms with Crippen molar-refractivity contribution >= 4 is 23.1 Å². The highest BCUT2D eigenvalue weighted by atomic mass is 16.2. The number of nitrogens with zero attached hydrogens (tertiary/aromatic N) is 1. The molecule has 3 aromatic rings. The summed E-state index contributed by atoms with van der Waals surface area (Å²) in [6, 6.07) is 16.3. The van der Waals surface area contributed by atoms with Crippen LogP contribution in [0.15, 0.2) is 60.8 Å². The van der Waals surface area contributed by atoms with E-state index in [9.17, 15) is 9.59 Å². The predicted octanol–water partition coefficient (Wildman–Crippen LogP) is 4.82. The molecule has 0 aliphatic heterocycles. The van der Waals surface area contributed by atoms with Gasteiger partial charge in [0.1, 0.15) is 12.0 Å². The Morgan fingerprint density at radius 3 is 2.43 bits per heavy atom. The molecule has 0 saturated carbocycles. The Morgan fingerprint density at radius 1 is 1.14 bits per heavy atom. The number of hydrogen-bond donors (Lipinski definition) is 1. The molecule has 0 fully saturated rings. The summed E-state index contributed by atoms with van der Waals surface area (Å²) >= 11 is 0. The van der Waals surface area contributed by atoms with Crippen LogP contribution in [0, 0.1) is 0 Å². The Bertz CT molecular complexity index is 1030. The van der Waals surface area contributed by atoms with Gasteiger partial charge in [-0.25, -0.2) is 0 Å². The number of aldehydes is 1. The van der Waals surface area contributed by atoms with Crippen LogP contribution >= 0.6 is 0 Å². The summed E-state index contributed by atoms with van der Waals surface area (Å²) in [5.41, 5.74) is 5.17. The van der Waals surface area contributed by atoms with Crippen molar-refractivity contribution in [2.24, 2.45) is 0 Å². The molecule has 144 valence electrons. The maximum Gasteiger partial charge on any atom is 0.272 e. The quantitative estimate of drug-likeness (QED) is 0.603. The van der Waals surface area contributed by atoms with Crippen molar-refractivity contribution in [3.05, 3.63) is 83.2 Å². The van der Waals surface area contributed by atoms with Gasteiger partial charge in [-0.2, -0.15) is 0 Å². The minimum atomic E-state index is -0.237. The lowest BCUT2D eigenvalue weighted by molar-refractivity contribution is -0.107. The first-order valence-corrected chi connectivity index (χ1v) is 9.51. The topological polar surface area (TPSA) is 51.1 Å². The Labute approximate surface area is 165 Å².